The minimum atomic E-state index is -0.780. The number of aliphatic carboxylic acids is 1. The number of unbranched alkanes of at least 4 members (excludes halogenated alkanes) is 2. The summed E-state index contributed by atoms with van der Waals surface area (Å²) in [6, 6.07) is 19.9. The van der Waals surface area contributed by atoms with Crippen LogP contribution in [0.4, 0.5) is 4.39 Å². The molecule has 3 aromatic rings. The van der Waals surface area contributed by atoms with Gasteiger partial charge < -0.3 is 9.84 Å². The third-order valence-electron chi connectivity index (χ3n) is 4.31. The smallest absolute Gasteiger partial charge is 0.303 e. The number of carboxylic acids is 1. The summed E-state index contributed by atoms with van der Waals surface area (Å²) in [5.41, 5.74) is 3.29. The van der Waals surface area contributed by atoms with Crippen LogP contribution in [0.15, 0.2) is 66.7 Å². The molecule has 0 bridgehead atoms. The van der Waals surface area contributed by atoms with Gasteiger partial charge >= 0.3 is 5.97 Å². The van der Waals surface area contributed by atoms with Crippen molar-refractivity contribution in [2.45, 2.75) is 25.7 Å². The summed E-state index contributed by atoms with van der Waals surface area (Å²) < 4.78 is 19.5. The van der Waals surface area contributed by atoms with E-state index in [0.29, 0.717) is 18.9 Å². The van der Waals surface area contributed by atoms with Crippen molar-refractivity contribution in [2.75, 3.05) is 6.61 Å². The summed E-state index contributed by atoms with van der Waals surface area (Å²) in [5, 5.41) is 8.68. The topological polar surface area (TPSA) is 59.4 Å². The van der Waals surface area contributed by atoms with Gasteiger partial charge in [-0.15, -0.1) is 0 Å². The number of aromatic nitrogens is 1. The van der Waals surface area contributed by atoms with Gasteiger partial charge in [-0.2, -0.15) is 0 Å². The fourth-order valence-electron chi connectivity index (χ4n) is 2.90. The molecule has 0 aliphatic carbocycles. The Bertz CT molecular complexity index is 928. The van der Waals surface area contributed by atoms with Crippen molar-refractivity contribution >= 4 is 5.97 Å². The first-order chi connectivity index (χ1) is 13.6. The molecule has 0 fully saturated rings. The average molecular weight is 379 g/mol. The number of benzene rings is 2. The normalized spacial score (nSPS) is 10.6. The largest absolute Gasteiger partial charge is 0.481 e. The minimum absolute atomic E-state index is 0.172. The van der Waals surface area contributed by atoms with Crippen LogP contribution in [0.3, 0.4) is 0 Å². The molecule has 0 aliphatic rings. The molecule has 1 N–H and O–H groups in total. The fourth-order valence-corrected chi connectivity index (χ4v) is 2.90. The molecule has 3 rings (SSSR count). The van der Waals surface area contributed by atoms with E-state index < -0.39 is 5.97 Å². The monoisotopic (exact) mass is 379 g/mol. The number of ether oxygens (including phenoxy) is 1. The summed E-state index contributed by atoms with van der Waals surface area (Å²) >= 11 is 0. The lowest BCUT2D eigenvalue weighted by molar-refractivity contribution is -0.137. The Hall–Kier alpha value is -3.21. The van der Waals surface area contributed by atoms with Gasteiger partial charge in [0.05, 0.1) is 12.3 Å². The molecule has 0 saturated carbocycles. The first kappa shape index (κ1) is 19.5. The van der Waals surface area contributed by atoms with Crippen LogP contribution in [0.1, 0.15) is 25.7 Å². The molecule has 0 radical (unpaired) electrons. The lowest BCUT2D eigenvalue weighted by atomic mass is 10.0. The van der Waals surface area contributed by atoms with Crippen LogP contribution >= 0.6 is 0 Å². The van der Waals surface area contributed by atoms with Crippen molar-refractivity contribution < 1.29 is 19.0 Å². The Labute approximate surface area is 163 Å². The molecule has 144 valence electrons. The lowest BCUT2D eigenvalue weighted by Crippen LogP contribution is -2.01. The van der Waals surface area contributed by atoms with Crippen molar-refractivity contribution in [2.24, 2.45) is 0 Å². The van der Waals surface area contributed by atoms with Crippen LogP contribution in [-0.4, -0.2) is 22.7 Å². The van der Waals surface area contributed by atoms with Crippen LogP contribution in [-0.2, 0) is 4.79 Å². The van der Waals surface area contributed by atoms with E-state index in [2.05, 4.69) is 4.98 Å². The number of halogens is 1. The molecule has 0 amide bonds. The van der Waals surface area contributed by atoms with Crippen LogP contribution in [0, 0.1) is 5.82 Å². The Morgan fingerprint density at radius 1 is 0.893 bits per heavy atom. The van der Waals surface area contributed by atoms with Gasteiger partial charge in [-0.3, -0.25) is 4.79 Å². The Morgan fingerprint density at radius 3 is 2.43 bits per heavy atom. The molecule has 4 nitrogen and oxygen atoms in total. The van der Waals surface area contributed by atoms with Crippen molar-refractivity contribution in [3.8, 4) is 28.3 Å². The third-order valence-corrected chi connectivity index (χ3v) is 4.31. The molecule has 0 saturated heterocycles. The quantitative estimate of drug-likeness (QED) is 0.493. The zero-order chi connectivity index (χ0) is 19.8. The van der Waals surface area contributed by atoms with Gasteiger partial charge in [0.2, 0.25) is 5.88 Å². The molecular formula is C23H22FNO3. The van der Waals surface area contributed by atoms with Crippen molar-refractivity contribution in [3.05, 3.63) is 72.5 Å². The number of carboxylic acid groups (broad SMARTS) is 1. The van der Waals surface area contributed by atoms with E-state index in [1.165, 1.54) is 12.1 Å². The molecule has 2 aromatic carbocycles. The third kappa shape index (κ3) is 5.64. The first-order valence-electron chi connectivity index (χ1n) is 9.30. The van der Waals surface area contributed by atoms with E-state index in [1.807, 2.05) is 42.5 Å². The second-order valence-electron chi connectivity index (χ2n) is 6.51. The van der Waals surface area contributed by atoms with Gasteiger partial charge in [0, 0.05) is 18.1 Å². The Morgan fingerprint density at radius 2 is 1.68 bits per heavy atom. The van der Waals surface area contributed by atoms with E-state index in [9.17, 15) is 9.18 Å². The maximum absolute atomic E-state index is 13.7. The second-order valence-corrected chi connectivity index (χ2v) is 6.51. The average Bonchev–Trinajstić information content (AvgIpc) is 2.71. The first-order valence-corrected chi connectivity index (χ1v) is 9.30. The van der Waals surface area contributed by atoms with Crippen LogP contribution in [0.5, 0.6) is 5.88 Å². The van der Waals surface area contributed by atoms with Crippen LogP contribution < -0.4 is 4.74 Å². The summed E-state index contributed by atoms with van der Waals surface area (Å²) in [4.78, 5) is 15.1. The standard InChI is InChI=1S/C23H22FNO3/c24-20-11-7-10-18(14-20)19-15-21(17-8-3-1-4-9-17)25-22(16-19)28-13-6-2-5-12-23(26)27/h1,3-4,7-11,14-16H,2,5-6,12-13H2,(H,26,27). The van der Waals surface area contributed by atoms with E-state index in [-0.39, 0.29) is 12.2 Å². The highest BCUT2D eigenvalue weighted by Gasteiger charge is 2.09. The van der Waals surface area contributed by atoms with Crippen molar-refractivity contribution in [1.29, 1.82) is 0 Å². The minimum Gasteiger partial charge on any atom is -0.481 e. The van der Waals surface area contributed by atoms with E-state index >= 15 is 0 Å². The number of nitrogens with zero attached hydrogens (tertiary/aromatic N) is 1. The van der Waals surface area contributed by atoms with Gasteiger partial charge in [-0.25, -0.2) is 9.37 Å². The highest BCUT2D eigenvalue weighted by Crippen LogP contribution is 2.29. The highest BCUT2D eigenvalue weighted by molar-refractivity contribution is 5.71. The molecule has 0 unspecified atom stereocenters. The summed E-state index contributed by atoms with van der Waals surface area (Å²) in [6.07, 6.45) is 2.33. The number of pyridine rings is 1. The molecule has 0 atom stereocenters. The number of hydrogen-bond acceptors (Lipinski definition) is 3. The van der Waals surface area contributed by atoms with Gasteiger partial charge in [0.15, 0.2) is 0 Å². The van der Waals surface area contributed by atoms with Gasteiger partial charge in [-0.05, 0) is 48.6 Å². The summed E-state index contributed by atoms with van der Waals surface area (Å²) in [7, 11) is 0. The Balaban J connectivity index is 1.79. The molecular weight excluding hydrogens is 357 g/mol. The predicted octanol–water partition coefficient (Wildman–Crippen LogP) is 5.58. The zero-order valence-corrected chi connectivity index (χ0v) is 15.5. The maximum Gasteiger partial charge on any atom is 0.303 e. The molecule has 0 aliphatic heterocycles. The fraction of sp³-hybridized carbons (Fsp3) is 0.217. The number of rotatable bonds is 9. The lowest BCUT2D eigenvalue weighted by Gasteiger charge is -2.11. The second kappa shape index (κ2) is 9.65. The van der Waals surface area contributed by atoms with Gasteiger partial charge in [0.25, 0.3) is 0 Å². The molecule has 1 aromatic heterocycles. The van der Waals surface area contributed by atoms with E-state index in [1.54, 1.807) is 12.1 Å². The predicted molar refractivity (Wildman–Crippen MR) is 107 cm³/mol. The summed E-state index contributed by atoms with van der Waals surface area (Å²) in [6.45, 7) is 0.452. The van der Waals surface area contributed by atoms with Crippen molar-refractivity contribution in [1.82, 2.24) is 4.98 Å². The number of carbonyl (C=O) groups is 1. The molecule has 0 spiro atoms. The molecule has 1 heterocycles. The molecule has 5 heteroatoms. The van der Waals surface area contributed by atoms with Gasteiger partial charge in [-0.1, -0.05) is 42.5 Å². The SMILES string of the molecule is O=C(O)CCCCCOc1cc(-c2cccc(F)c2)cc(-c2ccccc2)n1. The van der Waals surface area contributed by atoms with E-state index in [0.717, 1.165) is 35.2 Å². The number of hydrogen-bond donors (Lipinski definition) is 1. The van der Waals surface area contributed by atoms with Gasteiger partial charge in [0.1, 0.15) is 5.82 Å². The van der Waals surface area contributed by atoms with Crippen LogP contribution in [0.25, 0.3) is 22.4 Å². The highest BCUT2D eigenvalue weighted by atomic mass is 19.1. The van der Waals surface area contributed by atoms with Crippen LogP contribution in [0.2, 0.25) is 0 Å². The van der Waals surface area contributed by atoms with Crippen molar-refractivity contribution in [3.63, 3.8) is 0 Å². The Kier molecular flexibility index (Phi) is 6.73. The summed E-state index contributed by atoms with van der Waals surface area (Å²) in [5.74, 6) is -0.604. The maximum atomic E-state index is 13.7. The molecule has 28 heavy (non-hydrogen) atoms. The van der Waals surface area contributed by atoms with E-state index in [4.69, 9.17) is 9.84 Å². The zero-order valence-electron chi connectivity index (χ0n) is 15.5.